The van der Waals surface area contributed by atoms with Gasteiger partial charge in [-0.2, -0.15) is 4.31 Å². The Labute approximate surface area is 132 Å². The second-order valence-corrected chi connectivity index (χ2v) is 7.23. The Balaban J connectivity index is 2.24. The number of nitrogens with one attached hydrogen (secondary N) is 1. The van der Waals surface area contributed by atoms with Gasteiger partial charge in [0, 0.05) is 18.7 Å². The van der Waals surface area contributed by atoms with E-state index >= 15 is 0 Å². The first kappa shape index (κ1) is 17.3. The van der Waals surface area contributed by atoms with Gasteiger partial charge in [-0.25, -0.2) is 12.8 Å². The topological polar surface area (TPSA) is 110 Å². The average Bonchev–Trinajstić information content (AvgIpc) is 2.48. The highest BCUT2D eigenvalue weighted by Gasteiger charge is 2.34. The van der Waals surface area contributed by atoms with Crippen LogP contribution in [0.15, 0.2) is 18.2 Å². The van der Waals surface area contributed by atoms with Crippen molar-refractivity contribution in [3.05, 3.63) is 34.1 Å². The Kier molecular flexibility index (Phi) is 4.95. The minimum atomic E-state index is -3.57. The molecule has 10 heteroatoms. The molecular weight excluding hydrogens is 329 g/mol. The molecule has 1 unspecified atom stereocenters. The monoisotopic (exact) mass is 345 g/mol. The molecule has 2 rings (SSSR count). The van der Waals surface area contributed by atoms with E-state index in [4.69, 9.17) is 0 Å². The van der Waals surface area contributed by atoms with Gasteiger partial charge in [0.2, 0.25) is 15.9 Å². The minimum absolute atomic E-state index is 0.217. The van der Waals surface area contributed by atoms with E-state index in [0.717, 1.165) is 28.8 Å². The van der Waals surface area contributed by atoms with Crippen molar-refractivity contribution in [2.45, 2.75) is 25.3 Å². The third-order valence-electron chi connectivity index (χ3n) is 3.60. The SMILES string of the molecule is CS(=O)(=O)N1CCCCC1C(=O)Nc1cc([N+](=O)[O-])ccc1F. The molecule has 1 aromatic carbocycles. The third kappa shape index (κ3) is 4.02. The van der Waals surface area contributed by atoms with Gasteiger partial charge in [0.25, 0.3) is 5.69 Å². The fourth-order valence-corrected chi connectivity index (χ4v) is 3.63. The summed E-state index contributed by atoms with van der Waals surface area (Å²) in [5, 5.41) is 13.0. The van der Waals surface area contributed by atoms with Gasteiger partial charge in [0.1, 0.15) is 11.9 Å². The van der Waals surface area contributed by atoms with E-state index in [2.05, 4.69) is 5.32 Å². The largest absolute Gasteiger partial charge is 0.322 e. The number of carbonyl (C=O) groups is 1. The second-order valence-electron chi connectivity index (χ2n) is 5.30. The number of anilines is 1. The molecule has 1 saturated heterocycles. The van der Waals surface area contributed by atoms with Gasteiger partial charge >= 0.3 is 0 Å². The van der Waals surface area contributed by atoms with Crippen molar-refractivity contribution in [3.63, 3.8) is 0 Å². The van der Waals surface area contributed by atoms with Crippen molar-refractivity contribution in [2.24, 2.45) is 0 Å². The zero-order chi connectivity index (χ0) is 17.2. The molecule has 0 aromatic heterocycles. The number of rotatable bonds is 4. The normalized spacial score (nSPS) is 19.3. The molecule has 1 aromatic rings. The molecule has 0 bridgehead atoms. The molecule has 0 radical (unpaired) electrons. The van der Waals surface area contributed by atoms with Gasteiger partial charge < -0.3 is 5.32 Å². The molecule has 0 spiro atoms. The number of hydrogen-bond acceptors (Lipinski definition) is 5. The van der Waals surface area contributed by atoms with Gasteiger partial charge in [0.15, 0.2) is 0 Å². The van der Waals surface area contributed by atoms with Crippen LogP contribution in [0.2, 0.25) is 0 Å². The Morgan fingerprint density at radius 2 is 2.13 bits per heavy atom. The van der Waals surface area contributed by atoms with E-state index < -0.39 is 32.7 Å². The molecular formula is C13H16FN3O5S. The quantitative estimate of drug-likeness (QED) is 0.657. The molecule has 126 valence electrons. The maximum Gasteiger partial charge on any atom is 0.271 e. The summed E-state index contributed by atoms with van der Waals surface area (Å²) in [5.41, 5.74) is -0.714. The maximum atomic E-state index is 13.7. The average molecular weight is 345 g/mol. The summed E-state index contributed by atoms with van der Waals surface area (Å²) in [6, 6.07) is 1.82. The van der Waals surface area contributed by atoms with E-state index in [1.165, 1.54) is 0 Å². The van der Waals surface area contributed by atoms with Crippen molar-refractivity contribution in [1.29, 1.82) is 0 Å². The molecule has 23 heavy (non-hydrogen) atoms. The van der Waals surface area contributed by atoms with Gasteiger partial charge in [0.05, 0.1) is 16.9 Å². The molecule has 1 amide bonds. The molecule has 1 N–H and O–H groups in total. The highest BCUT2D eigenvalue weighted by Crippen LogP contribution is 2.24. The summed E-state index contributed by atoms with van der Waals surface area (Å²) in [7, 11) is -3.57. The molecule has 1 aliphatic heterocycles. The minimum Gasteiger partial charge on any atom is -0.322 e. The molecule has 8 nitrogen and oxygen atoms in total. The summed E-state index contributed by atoms with van der Waals surface area (Å²) in [6.07, 6.45) is 2.63. The Morgan fingerprint density at radius 1 is 1.43 bits per heavy atom. The number of nitro benzene ring substituents is 1. The van der Waals surface area contributed by atoms with E-state index in [0.29, 0.717) is 19.3 Å². The number of hydrogen-bond donors (Lipinski definition) is 1. The standard InChI is InChI=1S/C13H16FN3O5S/c1-23(21,22)16-7-3-2-4-12(16)13(18)15-11-8-9(17(19)20)5-6-10(11)14/h5-6,8,12H,2-4,7H2,1H3,(H,15,18). The van der Waals surface area contributed by atoms with Crippen LogP contribution in [-0.2, 0) is 14.8 Å². The van der Waals surface area contributed by atoms with E-state index in [1.807, 2.05) is 0 Å². The summed E-state index contributed by atoms with van der Waals surface area (Å²) in [6.45, 7) is 0.217. The Bertz CT molecular complexity index is 737. The van der Waals surface area contributed by atoms with Crippen molar-refractivity contribution >= 4 is 27.3 Å². The van der Waals surface area contributed by atoms with E-state index in [9.17, 15) is 27.7 Å². The zero-order valence-corrected chi connectivity index (χ0v) is 13.2. The first-order valence-corrected chi connectivity index (χ1v) is 8.76. The lowest BCUT2D eigenvalue weighted by Gasteiger charge is -2.32. The number of amides is 1. The summed E-state index contributed by atoms with van der Waals surface area (Å²) < 4.78 is 38.3. The lowest BCUT2D eigenvalue weighted by molar-refractivity contribution is -0.384. The third-order valence-corrected chi connectivity index (χ3v) is 4.89. The summed E-state index contributed by atoms with van der Waals surface area (Å²) in [4.78, 5) is 22.3. The zero-order valence-electron chi connectivity index (χ0n) is 12.4. The van der Waals surface area contributed by atoms with Crippen molar-refractivity contribution in [2.75, 3.05) is 18.1 Å². The van der Waals surface area contributed by atoms with Crippen LogP contribution in [0.4, 0.5) is 15.8 Å². The summed E-state index contributed by atoms with van der Waals surface area (Å²) in [5.74, 6) is -1.53. The number of sulfonamides is 1. The molecule has 1 heterocycles. The highest BCUT2D eigenvalue weighted by atomic mass is 32.2. The van der Waals surface area contributed by atoms with Crippen molar-refractivity contribution in [3.8, 4) is 0 Å². The highest BCUT2D eigenvalue weighted by molar-refractivity contribution is 7.88. The number of nitrogens with zero attached hydrogens (tertiary/aromatic N) is 2. The fourth-order valence-electron chi connectivity index (χ4n) is 2.50. The van der Waals surface area contributed by atoms with Gasteiger partial charge in [-0.1, -0.05) is 6.42 Å². The van der Waals surface area contributed by atoms with E-state index in [1.54, 1.807) is 0 Å². The van der Waals surface area contributed by atoms with Crippen LogP contribution in [0.25, 0.3) is 0 Å². The van der Waals surface area contributed by atoms with Crippen LogP contribution in [0.1, 0.15) is 19.3 Å². The molecule has 1 fully saturated rings. The molecule has 0 saturated carbocycles. The Hall–Kier alpha value is -2.07. The number of carbonyl (C=O) groups excluding carboxylic acids is 1. The van der Waals surface area contributed by atoms with Crippen LogP contribution in [0, 0.1) is 15.9 Å². The predicted octanol–water partition coefficient (Wildman–Crippen LogP) is 1.49. The van der Waals surface area contributed by atoms with Crippen LogP contribution in [-0.4, -0.2) is 42.4 Å². The molecule has 1 atom stereocenters. The maximum absolute atomic E-state index is 13.7. The summed E-state index contributed by atoms with van der Waals surface area (Å²) >= 11 is 0. The van der Waals surface area contributed by atoms with Crippen molar-refractivity contribution < 1.29 is 22.5 Å². The van der Waals surface area contributed by atoms with Crippen LogP contribution in [0.5, 0.6) is 0 Å². The first-order valence-electron chi connectivity index (χ1n) is 6.92. The van der Waals surface area contributed by atoms with Crippen molar-refractivity contribution in [1.82, 2.24) is 4.31 Å². The number of piperidine rings is 1. The van der Waals surface area contributed by atoms with Gasteiger partial charge in [-0.15, -0.1) is 0 Å². The van der Waals surface area contributed by atoms with Crippen LogP contribution >= 0.6 is 0 Å². The van der Waals surface area contributed by atoms with E-state index in [-0.39, 0.29) is 17.9 Å². The lowest BCUT2D eigenvalue weighted by atomic mass is 10.0. The number of non-ortho nitro benzene ring substituents is 1. The second kappa shape index (κ2) is 6.59. The van der Waals surface area contributed by atoms with Crippen LogP contribution < -0.4 is 5.32 Å². The predicted molar refractivity (Wildman–Crippen MR) is 80.9 cm³/mol. The lowest BCUT2D eigenvalue weighted by Crippen LogP contribution is -2.49. The van der Waals surface area contributed by atoms with Gasteiger partial charge in [-0.3, -0.25) is 14.9 Å². The van der Waals surface area contributed by atoms with Gasteiger partial charge in [-0.05, 0) is 18.9 Å². The first-order chi connectivity index (χ1) is 10.7. The molecule has 0 aliphatic carbocycles. The number of halogens is 1. The Morgan fingerprint density at radius 3 is 2.74 bits per heavy atom. The molecule has 1 aliphatic rings. The number of benzene rings is 1. The van der Waals surface area contributed by atoms with Crippen LogP contribution in [0.3, 0.4) is 0 Å². The fraction of sp³-hybridized carbons (Fsp3) is 0.462. The smallest absolute Gasteiger partial charge is 0.271 e. The number of nitro groups is 1.